The molecule has 0 atom stereocenters. The third kappa shape index (κ3) is 2.36. The molecule has 0 radical (unpaired) electrons. The van der Waals surface area contributed by atoms with Crippen LogP contribution in [-0.2, 0) is 16.4 Å². The molecule has 23 heavy (non-hydrogen) atoms. The first kappa shape index (κ1) is 15.1. The van der Waals surface area contributed by atoms with E-state index in [1.807, 2.05) is 12.1 Å². The summed E-state index contributed by atoms with van der Waals surface area (Å²) in [5.74, 6) is 2.63. The normalized spacial score (nSPS) is 11.3. The van der Waals surface area contributed by atoms with Gasteiger partial charge in [0.2, 0.25) is 0 Å². The fourth-order valence-corrected chi connectivity index (χ4v) is 4.31. The molecule has 3 aromatic rings. The molecule has 0 aliphatic rings. The van der Waals surface area contributed by atoms with Gasteiger partial charge in [0.05, 0.1) is 21.7 Å². The summed E-state index contributed by atoms with van der Waals surface area (Å²) < 4.78 is 27.6. The first-order valence-corrected chi connectivity index (χ1v) is 8.55. The molecule has 0 bridgehead atoms. The highest BCUT2D eigenvalue weighted by Gasteiger charge is 2.25. The zero-order valence-electron chi connectivity index (χ0n) is 12.4. The van der Waals surface area contributed by atoms with Crippen LogP contribution < -0.4 is 0 Å². The van der Waals surface area contributed by atoms with Gasteiger partial charge in [-0.15, -0.1) is 13.0 Å². The second kappa shape index (κ2) is 5.79. The van der Waals surface area contributed by atoms with Gasteiger partial charge in [-0.3, -0.25) is 0 Å². The Morgan fingerprint density at radius 2 is 1.74 bits per heavy atom. The minimum Gasteiger partial charge on any atom is -0.236 e. The quantitative estimate of drug-likeness (QED) is 0.544. The summed E-state index contributed by atoms with van der Waals surface area (Å²) in [4.78, 5) is 0.231. The Morgan fingerprint density at radius 1 is 1.09 bits per heavy atom. The summed E-state index contributed by atoms with van der Waals surface area (Å²) in [6, 6.07) is 15.6. The third-order valence-electron chi connectivity index (χ3n) is 3.69. The molecule has 3 nitrogen and oxygen atoms in total. The molecule has 4 heteroatoms. The van der Waals surface area contributed by atoms with Gasteiger partial charge >= 0.3 is 0 Å². The van der Waals surface area contributed by atoms with Crippen LogP contribution in [0.5, 0.6) is 0 Å². The number of terminal acetylenes is 1. The standard InChI is InChI=1S/C19H15NO2S/c1-3-10-18-16(4-2)17-13-8-9-14-19(17)20(18)23(21,22)15-11-6-5-7-12-15/h2-3,5-9,11-14H,1,10H2. The molecule has 0 fully saturated rings. The number of hydrogen-bond donors (Lipinski definition) is 0. The molecule has 0 spiro atoms. The van der Waals surface area contributed by atoms with Crippen molar-refractivity contribution >= 4 is 20.9 Å². The highest BCUT2D eigenvalue weighted by atomic mass is 32.2. The summed E-state index contributed by atoms with van der Waals surface area (Å²) in [7, 11) is -3.73. The number of nitrogens with zero attached hydrogens (tertiary/aromatic N) is 1. The molecule has 0 saturated carbocycles. The van der Waals surface area contributed by atoms with Crippen LogP contribution in [-0.4, -0.2) is 12.4 Å². The van der Waals surface area contributed by atoms with Gasteiger partial charge in [0.1, 0.15) is 0 Å². The summed E-state index contributed by atoms with van der Waals surface area (Å²) in [6.07, 6.45) is 7.68. The van der Waals surface area contributed by atoms with Gasteiger partial charge in [-0.1, -0.05) is 48.4 Å². The van der Waals surface area contributed by atoms with E-state index < -0.39 is 10.0 Å². The largest absolute Gasteiger partial charge is 0.268 e. The van der Waals surface area contributed by atoms with Gasteiger partial charge in [-0.05, 0) is 18.2 Å². The topological polar surface area (TPSA) is 39.1 Å². The van der Waals surface area contributed by atoms with Crippen LogP contribution in [0.15, 0.2) is 72.1 Å². The Balaban J connectivity index is 2.44. The Kier molecular flexibility index (Phi) is 3.81. The molecular formula is C19H15NO2S. The van der Waals surface area contributed by atoms with Crippen molar-refractivity contribution in [1.29, 1.82) is 0 Å². The maximum Gasteiger partial charge on any atom is 0.268 e. The molecule has 114 valence electrons. The second-order valence-corrected chi connectivity index (χ2v) is 6.85. The van der Waals surface area contributed by atoms with Crippen LogP contribution in [0, 0.1) is 12.3 Å². The van der Waals surface area contributed by atoms with Crippen molar-refractivity contribution in [2.45, 2.75) is 11.3 Å². The van der Waals surface area contributed by atoms with E-state index in [-0.39, 0.29) is 4.90 Å². The first-order valence-electron chi connectivity index (χ1n) is 7.11. The number of hydrogen-bond acceptors (Lipinski definition) is 2. The zero-order chi connectivity index (χ0) is 16.4. The summed E-state index contributed by atoms with van der Waals surface area (Å²) in [6.45, 7) is 3.72. The average Bonchev–Trinajstić information content (AvgIpc) is 2.89. The van der Waals surface area contributed by atoms with Crippen molar-refractivity contribution in [3.63, 3.8) is 0 Å². The minimum atomic E-state index is -3.73. The highest BCUT2D eigenvalue weighted by molar-refractivity contribution is 7.90. The molecule has 0 saturated heterocycles. The third-order valence-corrected chi connectivity index (χ3v) is 5.46. The SMILES string of the molecule is C#Cc1c(CC=C)n(S(=O)(=O)c2ccccc2)c2ccccc12. The Hall–Kier alpha value is -2.77. The number of allylic oxidation sites excluding steroid dienone is 1. The van der Waals surface area contributed by atoms with Gasteiger partial charge in [-0.25, -0.2) is 12.4 Å². The lowest BCUT2D eigenvalue weighted by Crippen LogP contribution is -2.15. The van der Waals surface area contributed by atoms with E-state index in [0.29, 0.717) is 23.2 Å². The highest BCUT2D eigenvalue weighted by Crippen LogP contribution is 2.30. The van der Waals surface area contributed by atoms with Crippen LogP contribution in [0.25, 0.3) is 10.9 Å². The van der Waals surface area contributed by atoms with Gasteiger partial charge in [0.25, 0.3) is 10.0 Å². The Bertz CT molecular complexity index is 1020. The second-order valence-electron chi connectivity index (χ2n) is 5.06. The molecule has 0 unspecified atom stereocenters. The van der Waals surface area contributed by atoms with Crippen molar-refractivity contribution < 1.29 is 8.42 Å². The van der Waals surface area contributed by atoms with Gasteiger partial charge in [0, 0.05) is 11.8 Å². The van der Waals surface area contributed by atoms with Crippen molar-refractivity contribution in [1.82, 2.24) is 3.97 Å². The van der Waals surface area contributed by atoms with Crippen molar-refractivity contribution in [2.24, 2.45) is 0 Å². The van der Waals surface area contributed by atoms with E-state index in [4.69, 9.17) is 6.42 Å². The van der Waals surface area contributed by atoms with Crippen LogP contribution in [0.1, 0.15) is 11.3 Å². The summed E-state index contributed by atoms with van der Waals surface area (Å²) in [5, 5.41) is 0.756. The molecule has 0 aliphatic heterocycles. The molecule has 0 N–H and O–H groups in total. The number of para-hydroxylation sites is 1. The molecule has 3 rings (SSSR count). The van der Waals surface area contributed by atoms with Crippen LogP contribution in [0.2, 0.25) is 0 Å². The van der Waals surface area contributed by atoms with E-state index in [2.05, 4.69) is 12.5 Å². The van der Waals surface area contributed by atoms with E-state index in [0.717, 1.165) is 5.39 Å². The fourth-order valence-electron chi connectivity index (χ4n) is 2.72. The van der Waals surface area contributed by atoms with Crippen molar-refractivity contribution in [2.75, 3.05) is 0 Å². The van der Waals surface area contributed by atoms with Gasteiger partial charge < -0.3 is 0 Å². The maximum absolute atomic E-state index is 13.1. The summed E-state index contributed by atoms with van der Waals surface area (Å²) in [5.41, 5.74) is 1.74. The van der Waals surface area contributed by atoms with E-state index in [1.165, 1.54) is 3.97 Å². The minimum absolute atomic E-state index is 0.231. The average molecular weight is 321 g/mol. The lowest BCUT2D eigenvalue weighted by Gasteiger charge is -2.11. The first-order chi connectivity index (χ1) is 11.1. The number of benzene rings is 2. The molecule has 1 heterocycles. The predicted octanol–water partition coefficient (Wildman–Crippen LogP) is 3.59. The van der Waals surface area contributed by atoms with Crippen LogP contribution in [0.3, 0.4) is 0 Å². The number of aromatic nitrogens is 1. The lowest BCUT2D eigenvalue weighted by molar-refractivity contribution is 0.587. The van der Waals surface area contributed by atoms with Gasteiger partial charge in [0.15, 0.2) is 0 Å². The summed E-state index contributed by atoms with van der Waals surface area (Å²) >= 11 is 0. The Morgan fingerprint density at radius 3 is 2.39 bits per heavy atom. The van der Waals surface area contributed by atoms with E-state index in [1.54, 1.807) is 48.5 Å². The van der Waals surface area contributed by atoms with Gasteiger partial charge in [-0.2, -0.15) is 0 Å². The van der Waals surface area contributed by atoms with Crippen LogP contribution >= 0.6 is 0 Å². The molecule has 1 aromatic heterocycles. The lowest BCUT2D eigenvalue weighted by atomic mass is 10.1. The Labute approximate surface area is 135 Å². The predicted molar refractivity (Wildman–Crippen MR) is 92.8 cm³/mol. The monoisotopic (exact) mass is 321 g/mol. The number of fused-ring (bicyclic) bond motifs is 1. The molecular weight excluding hydrogens is 306 g/mol. The molecule has 0 aliphatic carbocycles. The number of rotatable bonds is 4. The van der Waals surface area contributed by atoms with Crippen LogP contribution in [0.4, 0.5) is 0 Å². The van der Waals surface area contributed by atoms with Crippen molar-refractivity contribution in [3.8, 4) is 12.3 Å². The maximum atomic E-state index is 13.1. The molecule has 2 aromatic carbocycles. The fraction of sp³-hybridized carbons (Fsp3) is 0.0526. The zero-order valence-corrected chi connectivity index (χ0v) is 13.3. The van der Waals surface area contributed by atoms with Crippen molar-refractivity contribution in [3.05, 3.63) is 78.5 Å². The van der Waals surface area contributed by atoms with E-state index in [9.17, 15) is 8.42 Å². The smallest absolute Gasteiger partial charge is 0.236 e. The van der Waals surface area contributed by atoms with E-state index >= 15 is 0 Å². The molecule has 0 amide bonds.